The number of aryl methyl sites for hydroxylation is 2. The van der Waals surface area contributed by atoms with E-state index >= 15 is 0 Å². The molecule has 0 saturated carbocycles. The Morgan fingerprint density at radius 2 is 2.07 bits per heavy atom. The summed E-state index contributed by atoms with van der Waals surface area (Å²) >= 11 is 0. The molecule has 0 bridgehead atoms. The van der Waals surface area contributed by atoms with Gasteiger partial charge in [-0.05, 0) is 56.0 Å². The molecule has 1 saturated heterocycles. The number of hydrogen-bond acceptors (Lipinski definition) is 2. The Morgan fingerprint density at radius 1 is 1.27 bits per heavy atom. The highest BCUT2D eigenvalue weighted by Crippen LogP contribution is 2.30. The highest BCUT2D eigenvalue weighted by Gasteiger charge is 2.18. The second-order valence-electron chi connectivity index (χ2n) is 4.33. The molecule has 0 aromatic heterocycles. The highest BCUT2D eigenvalue weighted by molar-refractivity contribution is 5.43. The van der Waals surface area contributed by atoms with Crippen LogP contribution in [0.3, 0.4) is 0 Å². The topological polar surface area (TPSA) is 21.3 Å². The standard InChI is InChI=1S/C13H19NO/c1-9-8-13(15-3)10(2)7-11(9)12-5-4-6-14-12/h7-8,12,14H,4-6H2,1-3H3/t12-/m0/s1. The van der Waals surface area contributed by atoms with Crippen LogP contribution in [-0.2, 0) is 0 Å². The molecule has 1 fully saturated rings. The molecule has 0 unspecified atom stereocenters. The van der Waals surface area contributed by atoms with E-state index in [-0.39, 0.29) is 0 Å². The maximum atomic E-state index is 5.32. The first-order chi connectivity index (χ1) is 7.22. The fraction of sp³-hybridized carbons (Fsp3) is 0.538. The van der Waals surface area contributed by atoms with Gasteiger partial charge in [0.05, 0.1) is 7.11 Å². The van der Waals surface area contributed by atoms with Crippen molar-refractivity contribution in [2.75, 3.05) is 13.7 Å². The molecule has 1 aromatic carbocycles. The number of nitrogens with one attached hydrogen (secondary N) is 1. The molecule has 15 heavy (non-hydrogen) atoms. The summed E-state index contributed by atoms with van der Waals surface area (Å²) in [6.07, 6.45) is 2.54. The fourth-order valence-electron chi connectivity index (χ4n) is 2.36. The molecule has 0 radical (unpaired) electrons. The average molecular weight is 205 g/mol. The number of methoxy groups -OCH3 is 1. The molecular formula is C13H19NO. The van der Waals surface area contributed by atoms with E-state index in [1.54, 1.807) is 7.11 Å². The van der Waals surface area contributed by atoms with Crippen molar-refractivity contribution in [1.82, 2.24) is 5.32 Å². The van der Waals surface area contributed by atoms with Crippen LogP contribution >= 0.6 is 0 Å². The van der Waals surface area contributed by atoms with Gasteiger partial charge < -0.3 is 10.1 Å². The summed E-state index contributed by atoms with van der Waals surface area (Å²) in [5, 5.41) is 3.54. The molecule has 0 spiro atoms. The predicted molar refractivity (Wildman–Crippen MR) is 62.4 cm³/mol. The van der Waals surface area contributed by atoms with Gasteiger partial charge in [0.25, 0.3) is 0 Å². The number of benzene rings is 1. The number of ether oxygens (including phenoxy) is 1. The summed E-state index contributed by atoms with van der Waals surface area (Å²) in [6.45, 7) is 5.42. The molecule has 82 valence electrons. The van der Waals surface area contributed by atoms with E-state index in [1.807, 2.05) is 0 Å². The van der Waals surface area contributed by atoms with Crippen molar-refractivity contribution in [2.45, 2.75) is 32.7 Å². The zero-order valence-electron chi connectivity index (χ0n) is 9.76. The Labute approximate surface area is 91.6 Å². The minimum atomic E-state index is 0.551. The Bertz CT molecular complexity index is 354. The van der Waals surface area contributed by atoms with E-state index in [1.165, 1.54) is 29.5 Å². The highest BCUT2D eigenvalue weighted by atomic mass is 16.5. The zero-order chi connectivity index (χ0) is 10.8. The van der Waals surface area contributed by atoms with E-state index in [0.29, 0.717) is 6.04 Å². The third-order valence-corrected chi connectivity index (χ3v) is 3.22. The monoisotopic (exact) mass is 205 g/mol. The normalized spacial score (nSPS) is 20.6. The molecule has 1 N–H and O–H groups in total. The minimum Gasteiger partial charge on any atom is -0.496 e. The van der Waals surface area contributed by atoms with Crippen LogP contribution in [0.15, 0.2) is 12.1 Å². The van der Waals surface area contributed by atoms with E-state index < -0.39 is 0 Å². The van der Waals surface area contributed by atoms with Gasteiger partial charge in [-0.15, -0.1) is 0 Å². The molecule has 0 aliphatic carbocycles. The van der Waals surface area contributed by atoms with E-state index in [0.717, 1.165) is 12.3 Å². The Hall–Kier alpha value is -1.02. The van der Waals surface area contributed by atoms with Crippen molar-refractivity contribution in [3.8, 4) is 5.75 Å². The molecule has 2 rings (SSSR count). The largest absolute Gasteiger partial charge is 0.496 e. The summed E-state index contributed by atoms with van der Waals surface area (Å²) < 4.78 is 5.32. The van der Waals surface area contributed by atoms with Gasteiger partial charge in [-0.1, -0.05) is 6.07 Å². The smallest absolute Gasteiger partial charge is 0.122 e. The van der Waals surface area contributed by atoms with E-state index in [9.17, 15) is 0 Å². The summed E-state index contributed by atoms with van der Waals surface area (Å²) in [6, 6.07) is 4.96. The van der Waals surface area contributed by atoms with Gasteiger partial charge in [0.15, 0.2) is 0 Å². The predicted octanol–water partition coefficient (Wildman–Crippen LogP) is 2.74. The maximum Gasteiger partial charge on any atom is 0.122 e. The number of hydrogen-bond donors (Lipinski definition) is 1. The van der Waals surface area contributed by atoms with Crippen LogP contribution in [0, 0.1) is 13.8 Å². The lowest BCUT2D eigenvalue weighted by Crippen LogP contribution is -2.14. The Balaban J connectivity index is 2.35. The summed E-state index contributed by atoms with van der Waals surface area (Å²) in [5.74, 6) is 0.995. The van der Waals surface area contributed by atoms with Crippen LogP contribution in [-0.4, -0.2) is 13.7 Å². The summed E-state index contributed by atoms with van der Waals surface area (Å²) in [5.41, 5.74) is 3.99. The molecular weight excluding hydrogens is 186 g/mol. The van der Waals surface area contributed by atoms with Gasteiger partial charge in [-0.2, -0.15) is 0 Å². The van der Waals surface area contributed by atoms with Crippen LogP contribution in [0.4, 0.5) is 0 Å². The first-order valence-electron chi connectivity index (χ1n) is 5.61. The van der Waals surface area contributed by atoms with Crippen LogP contribution in [0.2, 0.25) is 0 Å². The molecule has 0 amide bonds. The number of rotatable bonds is 2. The third-order valence-electron chi connectivity index (χ3n) is 3.22. The van der Waals surface area contributed by atoms with E-state index in [4.69, 9.17) is 4.74 Å². The molecule has 1 aliphatic heterocycles. The first-order valence-corrected chi connectivity index (χ1v) is 5.61. The fourth-order valence-corrected chi connectivity index (χ4v) is 2.36. The van der Waals surface area contributed by atoms with Gasteiger partial charge in [-0.25, -0.2) is 0 Å². The van der Waals surface area contributed by atoms with Gasteiger partial charge in [-0.3, -0.25) is 0 Å². The van der Waals surface area contributed by atoms with Gasteiger partial charge >= 0.3 is 0 Å². The minimum absolute atomic E-state index is 0.551. The van der Waals surface area contributed by atoms with Crippen molar-refractivity contribution in [3.63, 3.8) is 0 Å². The molecule has 2 nitrogen and oxygen atoms in total. The second-order valence-corrected chi connectivity index (χ2v) is 4.33. The quantitative estimate of drug-likeness (QED) is 0.801. The van der Waals surface area contributed by atoms with Crippen LogP contribution in [0.5, 0.6) is 5.75 Å². The van der Waals surface area contributed by atoms with Crippen molar-refractivity contribution in [2.24, 2.45) is 0 Å². The lowest BCUT2D eigenvalue weighted by atomic mass is 9.97. The van der Waals surface area contributed by atoms with Crippen molar-refractivity contribution >= 4 is 0 Å². The third kappa shape index (κ3) is 2.00. The zero-order valence-corrected chi connectivity index (χ0v) is 9.76. The van der Waals surface area contributed by atoms with Gasteiger partial charge in [0.2, 0.25) is 0 Å². The maximum absolute atomic E-state index is 5.32. The lowest BCUT2D eigenvalue weighted by molar-refractivity contribution is 0.411. The van der Waals surface area contributed by atoms with Gasteiger partial charge in [0.1, 0.15) is 5.75 Å². The average Bonchev–Trinajstić information content (AvgIpc) is 2.74. The van der Waals surface area contributed by atoms with Crippen LogP contribution in [0.1, 0.15) is 35.6 Å². The SMILES string of the molecule is COc1cc(C)c([C@@H]2CCCN2)cc1C. The molecule has 1 aliphatic rings. The Kier molecular flexibility index (Phi) is 2.96. The summed E-state index contributed by atoms with van der Waals surface area (Å²) in [4.78, 5) is 0. The molecule has 1 heterocycles. The van der Waals surface area contributed by atoms with E-state index in [2.05, 4.69) is 31.3 Å². The van der Waals surface area contributed by atoms with Crippen LogP contribution in [0.25, 0.3) is 0 Å². The first kappa shape index (κ1) is 10.5. The molecule has 2 heteroatoms. The lowest BCUT2D eigenvalue weighted by Gasteiger charge is -2.16. The van der Waals surface area contributed by atoms with Gasteiger partial charge in [0, 0.05) is 6.04 Å². The van der Waals surface area contributed by atoms with Crippen LogP contribution < -0.4 is 10.1 Å². The van der Waals surface area contributed by atoms with Crippen molar-refractivity contribution < 1.29 is 4.74 Å². The molecule has 1 atom stereocenters. The summed E-state index contributed by atoms with van der Waals surface area (Å²) in [7, 11) is 1.73. The molecule has 1 aromatic rings. The van der Waals surface area contributed by atoms with Crippen molar-refractivity contribution in [3.05, 3.63) is 28.8 Å². The Morgan fingerprint density at radius 3 is 2.67 bits per heavy atom. The van der Waals surface area contributed by atoms with Crippen molar-refractivity contribution in [1.29, 1.82) is 0 Å². The second kappa shape index (κ2) is 4.23.